The summed E-state index contributed by atoms with van der Waals surface area (Å²) in [4.78, 5) is 12.2. The molecule has 1 amide bonds. The highest BCUT2D eigenvalue weighted by atomic mass is 35.5. The predicted octanol–water partition coefficient (Wildman–Crippen LogP) is 4.52. The Kier molecular flexibility index (Phi) is 7.10. The van der Waals surface area contributed by atoms with Gasteiger partial charge in [0.1, 0.15) is 10.6 Å². The molecule has 0 aliphatic rings. The van der Waals surface area contributed by atoms with Gasteiger partial charge in [0.25, 0.3) is 10.0 Å². The SMILES string of the molecule is CCC(CC)C(=O)Nc1ccc(OC)c(S(=O)(=O)Nc2ccccc2Cl)c1. The number of carbonyl (C=O) groups is 1. The lowest BCUT2D eigenvalue weighted by Gasteiger charge is -2.16. The van der Waals surface area contributed by atoms with E-state index in [9.17, 15) is 13.2 Å². The summed E-state index contributed by atoms with van der Waals surface area (Å²) < 4.78 is 33.3. The van der Waals surface area contributed by atoms with Crippen LogP contribution in [0.5, 0.6) is 5.75 Å². The highest BCUT2D eigenvalue weighted by molar-refractivity contribution is 7.92. The molecule has 0 bridgehead atoms. The Morgan fingerprint density at radius 2 is 1.81 bits per heavy atom. The molecule has 6 nitrogen and oxygen atoms in total. The zero-order chi connectivity index (χ0) is 20.0. The van der Waals surface area contributed by atoms with Crippen LogP contribution in [0.2, 0.25) is 5.02 Å². The second kappa shape index (κ2) is 9.10. The Morgan fingerprint density at radius 1 is 1.15 bits per heavy atom. The van der Waals surface area contributed by atoms with Crippen LogP contribution < -0.4 is 14.8 Å². The van der Waals surface area contributed by atoms with Crippen LogP contribution in [-0.2, 0) is 14.8 Å². The number of hydrogen-bond acceptors (Lipinski definition) is 4. The van der Waals surface area contributed by atoms with E-state index in [1.54, 1.807) is 30.3 Å². The summed E-state index contributed by atoms with van der Waals surface area (Å²) >= 11 is 6.04. The molecule has 27 heavy (non-hydrogen) atoms. The number of amides is 1. The number of benzene rings is 2. The minimum atomic E-state index is -3.98. The van der Waals surface area contributed by atoms with Gasteiger partial charge in [0.2, 0.25) is 5.91 Å². The molecule has 0 fully saturated rings. The first-order valence-corrected chi connectivity index (χ1v) is 10.4. The fourth-order valence-electron chi connectivity index (χ4n) is 2.61. The molecule has 2 aromatic rings. The van der Waals surface area contributed by atoms with E-state index in [1.807, 2.05) is 13.8 Å². The Labute approximate surface area is 164 Å². The minimum Gasteiger partial charge on any atom is -0.495 e. The van der Waals surface area contributed by atoms with Crippen LogP contribution in [0, 0.1) is 5.92 Å². The van der Waals surface area contributed by atoms with Gasteiger partial charge in [-0.1, -0.05) is 37.6 Å². The van der Waals surface area contributed by atoms with Crippen LogP contribution in [0.1, 0.15) is 26.7 Å². The van der Waals surface area contributed by atoms with Crippen molar-refractivity contribution in [3.8, 4) is 5.75 Å². The Balaban J connectivity index is 2.37. The monoisotopic (exact) mass is 410 g/mol. The Morgan fingerprint density at radius 3 is 2.41 bits per heavy atom. The molecule has 146 valence electrons. The summed E-state index contributed by atoms with van der Waals surface area (Å²) in [6.45, 7) is 3.87. The van der Waals surface area contributed by atoms with Gasteiger partial charge < -0.3 is 10.1 Å². The third-order valence-corrected chi connectivity index (χ3v) is 5.91. The summed E-state index contributed by atoms with van der Waals surface area (Å²) in [6, 6.07) is 11.0. The first-order valence-electron chi connectivity index (χ1n) is 8.58. The highest BCUT2D eigenvalue weighted by Crippen LogP contribution is 2.31. The standard InChI is InChI=1S/C19H23ClN2O4S/c1-4-13(5-2)19(23)21-14-10-11-17(26-3)18(12-14)27(24,25)22-16-9-7-6-8-15(16)20/h6-13,22H,4-5H2,1-3H3,(H,21,23). The van der Waals surface area contributed by atoms with Gasteiger partial charge in [-0.3, -0.25) is 9.52 Å². The summed E-state index contributed by atoms with van der Waals surface area (Å²) in [7, 11) is -2.60. The van der Waals surface area contributed by atoms with Crippen molar-refractivity contribution in [1.29, 1.82) is 0 Å². The molecule has 0 heterocycles. The highest BCUT2D eigenvalue weighted by Gasteiger charge is 2.22. The maximum Gasteiger partial charge on any atom is 0.265 e. The molecule has 0 spiro atoms. The van der Waals surface area contributed by atoms with Gasteiger partial charge in [0.05, 0.1) is 17.8 Å². The predicted molar refractivity (Wildman–Crippen MR) is 108 cm³/mol. The molecule has 2 rings (SSSR count). The third kappa shape index (κ3) is 5.14. The molecule has 0 aromatic heterocycles. The van der Waals surface area contributed by atoms with Crippen molar-refractivity contribution < 1.29 is 17.9 Å². The quantitative estimate of drug-likeness (QED) is 0.669. The average molecular weight is 411 g/mol. The molecular weight excluding hydrogens is 388 g/mol. The number of sulfonamides is 1. The summed E-state index contributed by atoms with van der Waals surface area (Å²) in [5.41, 5.74) is 0.639. The molecule has 0 radical (unpaired) electrons. The van der Waals surface area contributed by atoms with Crippen LogP contribution in [0.4, 0.5) is 11.4 Å². The van der Waals surface area contributed by atoms with Crippen LogP contribution in [0.25, 0.3) is 0 Å². The van der Waals surface area contributed by atoms with Crippen LogP contribution in [-0.4, -0.2) is 21.4 Å². The van der Waals surface area contributed by atoms with Crippen LogP contribution >= 0.6 is 11.6 Å². The van der Waals surface area contributed by atoms with Crippen molar-refractivity contribution in [2.75, 3.05) is 17.1 Å². The Hall–Kier alpha value is -2.25. The molecule has 2 N–H and O–H groups in total. The van der Waals surface area contributed by atoms with Crippen molar-refractivity contribution in [3.63, 3.8) is 0 Å². The second-order valence-corrected chi connectivity index (χ2v) is 8.01. The summed E-state index contributed by atoms with van der Waals surface area (Å²) in [5, 5.41) is 3.05. The smallest absolute Gasteiger partial charge is 0.265 e. The first kappa shape index (κ1) is 21.1. The molecule has 2 aromatic carbocycles. The molecule has 0 aliphatic carbocycles. The zero-order valence-electron chi connectivity index (χ0n) is 15.5. The van der Waals surface area contributed by atoms with E-state index < -0.39 is 10.0 Å². The second-order valence-electron chi connectivity index (χ2n) is 5.95. The number of nitrogens with one attached hydrogen (secondary N) is 2. The number of rotatable bonds is 8. The molecule has 0 saturated heterocycles. The first-order chi connectivity index (χ1) is 12.8. The number of anilines is 2. The topological polar surface area (TPSA) is 84.5 Å². The van der Waals surface area contributed by atoms with Crippen molar-refractivity contribution in [2.45, 2.75) is 31.6 Å². The number of methoxy groups -OCH3 is 1. The number of carbonyl (C=O) groups excluding carboxylic acids is 1. The lowest BCUT2D eigenvalue weighted by Crippen LogP contribution is -2.22. The van der Waals surface area contributed by atoms with Gasteiger partial charge >= 0.3 is 0 Å². The van der Waals surface area contributed by atoms with Gasteiger partial charge in [-0.2, -0.15) is 0 Å². The van der Waals surface area contributed by atoms with Crippen molar-refractivity contribution in [1.82, 2.24) is 0 Å². The lowest BCUT2D eigenvalue weighted by molar-refractivity contribution is -0.120. The van der Waals surface area contributed by atoms with Gasteiger partial charge in [-0.25, -0.2) is 8.42 Å². The van der Waals surface area contributed by atoms with Crippen molar-refractivity contribution in [3.05, 3.63) is 47.5 Å². The fourth-order valence-corrected chi connectivity index (χ4v) is 4.13. The maximum absolute atomic E-state index is 12.9. The molecule has 0 aliphatic heterocycles. The molecule has 0 unspecified atom stereocenters. The van der Waals surface area contributed by atoms with Crippen molar-refractivity contribution >= 4 is 38.9 Å². The largest absolute Gasteiger partial charge is 0.495 e. The molecule has 0 atom stereocenters. The summed E-state index contributed by atoms with van der Waals surface area (Å²) in [5.74, 6) is -0.115. The van der Waals surface area contributed by atoms with E-state index in [-0.39, 0.29) is 33.2 Å². The van der Waals surface area contributed by atoms with Gasteiger partial charge in [0, 0.05) is 11.6 Å². The summed E-state index contributed by atoms with van der Waals surface area (Å²) in [6.07, 6.45) is 1.41. The number of hydrogen-bond donors (Lipinski definition) is 2. The van der Waals surface area contributed by atoms with Crippen LogP contribution in [0.3, 0.4) is 0 Å². The van der Waals surface area contributed by atoms with E-state index in [4.69, 9.17) is 16.3 Å². The van der Waals surface area contributed by atoms with E-state index in [2.05, 4.69) is 10.0 Å². The normalized spacial score (nSPS) is 11.3. The molecular formula is C19H23ClN2O4S. The van der Waals surface area contributed by atoms with E-state index in [0.717, 1.165) is 0 Å². The zero-order valence-corrected chi connectivity index (χ0v) is 17.0. The minimum absolute atomic E-state index is 0.0905. The van der Waals surface area contributed by atoms with Crippen LogP contribution in [0.15, 0.2) is 47.4 Å². The molecule has 8 heteroatoms. The number of halogens is 1. The molecule has 0 saturated carbocycles. The number of ether oxygens (including phenoxy) is 1. The Bertz CT molecular complexity index is 912. The van der Waals surface area contributed by atoms with Gasteiger partial charge in [0.15, 0.2) is 0 Å². The maximum atomic E-state index is 12.9. The van der Waals surface area contributed by atoms with Crippen molar-refractivity contribution in [2.24, 2.45) is 5.92 Å². The van der Waals surface area contributed by atoms with E-state index in [0.29, 0.717) is 18.5 Å². The van der Waals surface area contributed by atoms with Gasteiger partial charge in [-0.05, 0) is 43.2 Å². The third-order valence-electron chi connectivity index (χ3n) is 4.20. The fraction of sp³-hybridized carbons (Fsp3) is 0.316. The lowest BCUT2D eigenvalue weighted by atomic mass is 10.0. The average Bonchev–Trinajstić information content (AvgIpc) is 2.64. The van der Waals surface area contributed by atoms with E-state index in [1.165, 1.54) is 19.2 Å². The van der Waals surface area contributed by atoms with Gasteiger partial charge in [-0.15, -0.1) is 0 Å². The number of para-hydroxylation sites is 1. The van der Waals surface area contributed by atoms with E-state index >= 15 is 0 Å².